The van der Waals surface area contributed by atoms with Crippen LogP contribution in [0.25, 0.3) is 6.08 Å². The summed E-state index contributed by atoms with van der Waals surface area (Å²) in [6, 6.07) is 18.7. The summed E-state index contributed by atoms with van der Waals surface area (Å²) in [7, 11) is 0. The van der Waals surface area contributed by atoms with Gasteiger partial charge in [-0.05, 0) is 48.9 Å². The number of carbonyl (C=O) groups is 4. The lowest BCUT2D eigenvalue weighted by atomic mass is 10.1. The summed E-state index contributed by atoms with van der Waals surface area (Å²) in [6.07, 6.45) is 1.37. The molecule has 0 unspecified atom stereocenters. The molecule has 2 N–H and O–H groups in total. The third kappa shape index (κ3) is 5.25. The van der Waals surface area contributed by atoms with Gasteiger partial charge in [-0.2, -0.15) is 0 Å². The highest BCUT2D eigenvalue weighted by molar-refractivity contribution is 6.39. The zero-order valence-corrected chi connectivity index (χ0v) is 19.3. The van der Waals surface area contributed by atoms with Crippen LogP contribution in [0.3, 0.4) is 0 Å². The first-order valence-corrected chi connectivity index (χ1v) is 11.1. The number of nitrogens with zero attached hydrogens (tertiary/aromatic N) is 1. The van der Waals surface area contributed by atoms with Gasteiger partial charge in [-0.15, -0.1) is 0 Å². The van der Waals surface area contributed by atoms with Crippen molar-refractivity contribution in [1.82, 2.24) is 5.32 Å². The quantitative estimate of drug-likeness (QED) is 0.364. The largest absolute Gasteiger partial charge is 0.494 e. The maximum absolute atomic E-state index is 13.2. The van der Waals surface area contributed by atoms with Crippen LogP contribution in [0.5, 0.6) is 11.5 Å². The van der Waals surface area contributed by atoms with Crippen LogP contribution in [0.15, 0.2) is 78.4 Å². The normalized spacial score (nSPS) is 14.5. The first kappa shape index (κ1) is 24.2. The molecule has 0 saturated carbocycles. The third-order valence-corrected chi connectivity index (χ3v) is 5.30. The van der Waals surface area contributed by atoms with Gasteiger partial charge in [-0.25, -0.2) is 14.5 Å². The summed E-state index contributed by atoms with van der Waals surface area (Å²) in [5.74, 6) is -1.74. The molecule has 0 aromatic heterocycles. The van der Waals surface area contributed by atoms with Gasteiger partial charge in [-0.3, -0.25) is 14.9 Å². The minimum absolute atomic E-state index is 0.134. The molecule has 1 heterocycles. The van der Waals surface area contributed by atoms with E-state index >= 15 is 0 Å². The van der Waals surface area contributed by atoms with E-state index in [4.69, 9.17) is 14.6 Å². The van der Waals surface area contributed by atoms with Gasteiger partial charge in [0.15, 0.2) is 0 Å². The summed E-state index contributed by atoms with van der Waals surface area (Å²) in [5, 5.41) is 11.2. The van der Waals surface area contributed by atoms with Crippen LogP contribution in [-0.2, 0) is 16.2 Å². The number of carbonyl (C=O) groups excluding carboxylic acids is 3. The molecule has 9 nitrogen and oxygen atoms in total. The van der Waals surface area contributed by atoms with Gasteiger partial charge in [0.05, 0.1) is 17.9 Å². The second-order valence-electron chi connectivity index (χ2n) is 7.72. The van der Waals surface area contributed by atoms with Crippen LogP contribution >= 0.6 is 0 Å². The number of amides is 4. The number of carboxylic acid groups (broad SMARTS) is 1. The molecule has 1 aliphatic rings. The van der Waals surface area contributed by atoms with Crippen molar-refractivity contribution in [2.24, 2.45) is 0 Å². The topological polar surface area (TPSA) is 122 Å². The summed E-state index contributed by atoms with van der Waals surface area (Å²) in [6.45, 7) is 2.36. The summed E-state index contributed by atoms with van der Waals surface area (Å²) >= 11 is 0. The molecule has 0 radical (unpaired) electrons. The van der Waals surface area contributed by atoms with Crippen LogP contribution in [0.4, 0.5) is 10.5 Å². The standard InChI is InChI=1S/C27H22N2O7/c1-2-35-21-8-5-7-20(15-21)29-25(31)22(24(30)28-27(29)34)14-19-6-3-4-9-23(19)36-16-17-10-12-18(13-11-17)26(32)33/h3-15H,2,16H2,1H3,(H,32,33)(H,28,30,34)/b22-14+. The molecule has 9 heteroatoms. The van der Waals surface area contributed by atoms with Gasteiger partial charge in [-0.1, -0.05) is 36.4 Å². The number of carboxylic acids is 1. The Balaban J connectivity index is 1.60. The van der Waals surface area contributed by atoms with Gasteiger partial charge in [0.2, 0.25) is 0 Å². The summed E-state index contributed by atoms with van der Waals surface area (Å²) < 4.78 is 11.3. The van der Waals surface area contributed by atoms with Gasteiger partial charge in [0.25, 0.3) is 11.8 Å². The third-order valence-electron chi connectivity index (χ3n) is 5.30. The van der Waals surface area contributed by atoms with Crippen molar-refractivity contribution in [1.29, 1.82) is 0 Å². The van der Waals surface area contributed by atoms with Crippen molar-refractivity contribution in [2.75, 3.05) is 11.5 Å². The molecule has 36 heavy (non-hydrogen) atoms. The summed E-state index contributed by atoms with van der Waals surface area (Å²) in [4.78, 5) is 50.3. The Hall–Kier alpha value is -4.92. The molecular formula is C27H22N2O7. The molecule has 4 amide bonds. The Bertz CT molecular complexity index is 1360. The predicted molar refractivity (Wildman–Crippen MR) is 131 cm³/mol. The van der Waals surface area contributed by atoms with Crippen molar-refractivity contribution in [3.05, 3.63) is 95.1 Å². The number of anilines is 1. The average Bonchev–Trinajstić information content (AvgIpc) is 2.86. The molecule has 1 aliphatic heterocycles. The highest BCUT2D eigenvalue weighted by atomic mass is 16.5. The van der Waals surface area contributed by atoms with Crippen molar-refractivity contribution in [2.45, 2.75) is 13.5 Å². The molecule has 182 valence electrons. The van der Waals surface area contributed by atoms with Crippen molar-refractivity contribution in [3.63, 3.8) is 0 Å². The molecular weight excluding hydrogens is 464 g/mol. The number of hydrogen-bond acceptors (Lipinski definition) is 6. The van der Waals surface area contributed by atoms with Crippen LogP contribution in [0.1, 0.15) is 28.4 Å². The lowest BCUT2D eigenvalue weighted by Gasteiger charge is -2.26. The number of ether oxygens (including phenoxy) is 2. The molecule has 3 aromatic carbocycles. The minimum atomic E-state index is -1.02. The average molecular weight is 486 g/mol. The molecule has 1 fully saturated rings. The van der Waals surface area contributed by atoms with E-state index in [1.807, 2.05) is 6.92 Å². The van der Waals surface area contributed by atoms with Crippen LogP contribution in [-0.4, -0.2) is 35.5 Å². The number of hydrogen-bond donors (Lipinski definition) is 2. The van der Waals surface area contributed by atoms with E-state index in [-0.39, 0.29) is 23.4 Å². The Morgan fingerprint density at radius 2 is 1.72 bits per heavy atom. The Morgan fingerprint density at radius 3 is 2.44 bits per heavy atom. The first-order valence-electron chi connectivity index (χ1n) is 11.1. The zero-order chi connectivity index (χ0) is 25.7. The highest BCUT2D eigenvalue weighted by Crippen LogP contribution is 2.28. The second-order valence-corrected chi connectivity index (χ2v) is 7.72. The fraction of sp³-hybridized carbons (Fsp3) is 0.111. The van der Waals surface area contributed by atoms with Gasteiger partial charge < -0.3 is 14.6 Å². The van der Waals surface area contributed by atoms with Crippen LogP contribution in [0, 0.1) is 0 Å². The molecule has 1 saturated heterocycles. The maximum Gasteiger partial charge on any atom is 0.335 e. The first-order chi connectivity index (χ1) is 17.4. The van der Waals surface area contributed by atoms with E-state index in [9.17, 15) is 19.2 Å². The fourth-order valence-corrected chi connectivity index (χ4v) is 3.56. The van der Waals surface area contributed by atoms with Gasteiger partial charge in [0.1, 0.15) is 23.7 Å². The van der Waals surface area contributed by atoms with Crippen molar-refractivity contribution < 1.29 is 33.8 Å². The zero-order valence-electron chi connectivity index (χ0n) is 19.3. The van der Waals surface area contributed by atoms with Gasteiger partial charge in [0, 0.05) is 11.6 Å². The van der Waals surface area contributed by atoms with E-state index in [0.29, 0.717) is 23.7 Å². The van der Waals surface area contributed by atoms with E-state index in [2.05, 4.69) is 5.32 Å². The highest BCUT2D eigenvalue weighted by Gasteiger charge is 2.37. The molecule has 0 spiro atoms. The number of urea groups is 1. The molecule has 0 atom stereocenters. The Labute approximate surface area is 206 Å². The number of para-hydroxylation sites is 1. The molecule has 3 aromatic rings. The predicted octanol–water partition coefficient (Wildman–Crippen LogP) is 4.03. The lowest BCUT2D eigenvalue weighted by Crippen LogP contribution is -2.54. The van der Waals surface area contributed by atoms with E-state index in [1.54, 1.807) is 60.7 Å². The lowest BCUT2D eigenvalue weighted by molar-refractivity contribution is -0.122. The fourth-order valence-electron chi connectivity index (χ4n) is 3.56. The van der Waals surface area contributed by atoms with Crippen molar-refractivity contribution >= 4 is 35.6 Å². The Morgan fingerprint density at radius 1 is 0.972 bits per heavy atom. The SMILES string of the molecule is CCOc1cccc(N2C(=O)NC(=O)/C(=C\c3ccccc3OCc3ccc(C(=O)O)cc3)C2=O)c1. The molecule has 0 bridgehead atoms. The number of nitrogens with one attached hydrogen (secondary N) is 1. The monoisotopic (exact) mass is 486 g/mol. The van der Waals surface area contributed by atoms with Crippen molar-refractivity contribution in [3.8, 4) is 11.5 Å². The van der Waals surface area contributed by atoms with Crippen LogP contribution in [0.2, 0.25) is 0 Å². The van der Waals surface area contributed by atoms with Crippen LogP contribution < -0.4 is 19.7 Å². The number of benzene rings is 3. The summed E-state index contributed by atoms with van der Waals surface area (Å²) in [5.41, 5.74) is 1.38. The molecule has 4 rings (SSSR count). The van der Waals surface area contributed by atoms with E-state index in [0.717, 1.165) is 10.5 Å². The Kier molecular flexibility index (Phi) is 7.10. The number of aromatic carboxylic acids is 1. The minimum Gasteiger partial charge on any atom is -0.494 e. The molecule has 0 aliphatic carbocycles. The van der Waals surface area contributed by atoms with Gasteiger partial charge >= 0.3 is 12.0 Å². The maximum atomic E-state index is 13.2. The smallest absolute Gasteiger partial charge is 0.335 e. The number of imide groups is 2. The number of rotatable bonds is 8. The van der Waals surface area contributed by atoms with E-state index in [1.165, 1.54) is 18.2 Å². The van der Waals surface area contributed by atoms with E-state index < -0.39 is 23.8 Å². The second kappa shape index (κ2) is 10.6. The number of barbiturate groups is 1.